The maximum Gasteiger partial charge on any atom is 0.0140 e. The summed E-state index contributed by atoms with van der Waals surface area (Å²) in [6.45, 7) is 0.695. The van der Waals surface area contributed by atoms with E-state index in [1.54, 1.807) is 0 Å². The summed E-state index contributed by atoms with van der Waals surface area (Å²) in [7, 11) is 0. The molecule has 0 spiro atoms. The molecule has 1 heteroatoms. The van der Waals surface area contributed by atoms with Crippen LogP contribution in [0.25, 0.3) is 0 Å². The Labute approximate surface area is 49.9 Å². The van der Waals surface area contributed by atoms with Gasteiger partial charge in [0.1, 0.15) is 0 Å². The summed E-state index contributed by atoms with van der Waals surface area (Å²) in [6, 6.07) is 0. The van der Waals surface area contributed by atoms with E-state index in [1.807, 2.05) is 12.2 Å². The van der Waals surface area contributed by atoms with Crippen molar-refractivity contribution in [2.75, 3.05) is 6.54 Å². The molecule has 0 saturated carbocycles. The Bertz CT molecular complexity index is 122. The molecular weight excluding hydrogens is 98.1 g/mol. The van der Waals surface area contributed by atoms with Gasteiger partial charge in [-0.05, 0) is 18.9 Å². The molecule has 8 heavy (non-hydrogen) atoms. The predicted molar refractivity (Wildman–Crippen MR) is 34.2 cm³/mol. The summed E-state index contributed by atoms with van der Waals surface area (Å²) in [5, 5.41) is 0. The van der Waals surface area contributed by atoms with Gasteiger partial charge >= 0.3 is 0 Å². The smallest absolute Gasteiger partial charge is 0.0140 e. The van der Waals surface area contributed by atoms with E-state index in [1.165, 1.54) is 5.57 Å². The van der Waals surface area contributed by atoms with Crippen molar-refractivity contribution in [3.8, 4) is 0 Å². The maximum absolute atomic E-state index is 5.38. The standard InChI is InChI=1S/C7H10N/c8-6-7-4-2-1-3-5-7/h1,5H,2,4,6,8H2. The molecule has 0 aromatic heterocycles. The Morgan fingerprint density at radius 3 is 3.00 bits per heavy atom. The van der Waals surface area contributed by atoms with Gasteiger partial charge < -0.3 is 5.73 Å². The van der Waals surface area contributed by atoms with Gasteiger partial charge in [0.15, 0.2) is 0 Å². The summed E-state index contributed by atoms with van der Waals surface area (Å²) in [4.78, 5) is 0. The Balaban J connectivity index is 2.50. The lowest BCUT2D eigenvalue weighted by atomic mass is 10.1. The van der Waals surface area contributed by atoms with Gasteiger partial charge in [0, 0.05) is 6.54 Å². The van der Waals surface area contributed by atoms with Gasteiger partial charge in [-0.3, -0.25) is 0 Å². The molecule has 1 aliphatic carbocycles. The third kappa shape index (κ3) is 1.20. The van der Waals surface area contributed by atoms with Crippen LogP contribution in [-0.4, -0.2) is 6.54 Å². The van der Waals surface area contributed by atoms with Gasteiger partial charge in [-0.25, -0.2) is 0 Å². The van der Waals surface area contributed by atoms with Gasteiger partial charge in [0.05, 0.1) is 0 Å². The third-order valence-corrected chi connectivity index (χ3v) is 1.28. The number of allylic oxidation sites excluding steroid dienone is 3. The highest BCUT2D eigenvalue weighted by Gasteiger charge is 1.94. The first-order valence-electron chi connectivity index (χ1n) is 2.89. The minimum Gasteiger partial charge on any atom is -0.327 e. The zero-order valence-corrected chi connectivity index (χ0v) is 4.85. The molecular formula is C7H10N. The van der Waals surface area contributed by atoms with Crippen molar-refractivity contribution in [1.82, 2.24) is 0 Å². The van der Waals surface area contributed by atoms with E-state index >= 15 is 0 Å². The quantitative estimate of drug-likeness (QED) is 0.533. The van der Waals surface area contributed by atoms with Gasteiger partial charge in [-0.15, -0.1) is 0 Å². The Morgan fingerprint density at radius 2 is 2.62 bits per heavy atom. The fraction of sp³-hybridized carbons (Fsp3) is 0.429. The molecule has 1 aliphatic rings. The lowest BCUT2D eigenvalue weighted by Crippen LogP contribution is -2.03. The van der Waals surface area contributed by atoms with E-state index < -0.39 is 0 Å². The number of hydrogen-bond donors (Lipinski definition) is 1. The zero-order chi connectivity index (χ0) is 5.82. The molecule has 1 radical (unpaired) electrons. The van der Waals surface area contributed by atoms with Crippen LogP contribution in [0.3, 0.4) is 0 Å². The van der Waals surface area contributed by atoms with Crippen LogP contribution in [0, 0.1) is 6.08 Å². The molecule has 43 valence electrons. The van der Waals surface area contributed by atoms with Gasteiger partial charge in [0.25, 0.3) is 0 Å². The van der Waals surface area contributed by atoms with Crippen molar-refractivity contribution >= 4 is 0 Å². The summed E-state index contributed by atoms with van der Waals surface area (Å²) >= 11 is 0. The topological polar surface area (TPSA) is 26.0 Å². The lowest BCUT2D eigenvalue weighted by Gasteiger charge is -2.02. The first-order chi connectivity index (χ1) is 3.93. The van der Waals surface area contributed by atoms with E-state index in [0.29, 0.717) is 6.54 Å². The Kier molecular flexibility index (Phi) is 1.86. The van der Waals surface area contributed by atoms with Crippen LogP contribution < -0.4 is 5.73 Å². The van der Waals surface area contributed by atoms with Gasteiger partial charge in [-0.1, -0.05) is 17.7 Å². The van der Waals surface area contributed by atoms with E-state index in [0.717, 1.165) is 12.8 Å². The second-order valence-electron chi connectivity index (χ2n) is 1.92. The van der Waals surface area contributed by atoms with Crippen molar-refractivity contribution in [1.29, 1.82) is 0 Å². The summed E-state index contributed by atoms with van der Waals surface area (Å²) < 4.78 is 0. The molecule has 1 rings (SSSR count). The highest BCUT2D eigenvalue weighted by Crippen LogP contribution is 2.08. The molecule has 0 aliphatic heterocycles. The largest absolute Gasteiger partial charge is 0.327 e. The maximum atomic E-state index is 5.38. The summed E-state index contributed by atoms with van der Waals surface area (Å²) in [6.07, 6.45) is 9.28. The average molecular weight is 108 g/mol. The van der Waals surface area contributed by atoms with E-state index in [9.17, 15) is 0 Å². The number of nitrogens with two attached hydrogens (primary N) is 1. The summed E-state index contributed by atoms with van der Waals surface area (Å²) in [5.74, 6) is 0. The molecule has 0 unspecified atom stereocenters. The molecule has 0 amide bonds. The van der Waals surface area contributed by atoms with Gasteiger partial charge in [0.2, 0.25) is 0 Å². The number of hydrogen-bond acceptors (Lipinski definition) is 1. The van der Waals surface area contributed by atoms with E-state index in [-0.39, 0.29) is 0 Å². The molecule has 0 bridgehead atoms. The molecule has 0 atom stereocenters. The van der Waals surface area contributed by atoms with Crippen LogP contribution in [0.15, 0.2) is 17.7 Å². The van der Waals surface area contributed by atoms with Crippen molar-refractivity contribution < 1.29 is 0 Å². The molecule has 0 aromatic carbocycles. The molecule has 2 N–H and O–H groups in total. The lowest BCUT2D eigenvalue weighted by molar-refractivity contribution is 0.911. The first-order valence-corrected chi connectivity index (χ1v) is 2.89. The molecule has 1 nitrogen and oxygen atoms in total. The SMILES string of the molecule is NCC1=C[C]=CCC1. The van der Waals surface area contributed by atoms with Gasteiger partial charge in [-0.2, -0.15) is 0 Å². The third-order valence-electron chi connectivity index (χ3n) is 1.28. The monoisotopic (exact) mass is 108 g/mol. The highest BCUT2D eigenvalue weighted by molar-refractivity contribution is 5.13. The fourth-order valence-corrected chi connectivity index (χ4v) is 0.751. The molecule has 0 aromatic rings. The Morgan fingerprint density at radius 1 is 1.75 bits per heavy atom. The minimum atomic E-state index is 0.695. The Hall–Kier alpha value is -0.560. The van der Waals surface area contributed by atoms with Crippen LogP contribution in [0.5, 0.6) is 0 Å². The average Bonchev–Trinajstić information content (AvgIpc) is 1.90. The second-order valence-corrected chi connectivity index (χ2v) is 1.92. The van der Waals surface area contributed by atoms with Crippen molar-refractivity contribution in [3.05, 3.63) is 23.8 Å². The van der Waals surface area contributed by atoms with Crippen LogP contribution >= 0.6 is 0 Å². The molecule has 0 fully saturated rings. The van der Waals surface area contributed by atoms with Crippen molar-refractivity contribution in [3.63, 3.8) is 0 Å². The normalized spacial score (nSPS) is 18.4. The first kappa shape index (κ1) is 5.57. The van der Waals surface area contributed by atoms with Crippen LogP contribution in [-0.2, 0) is 0 Å². The highest BCUT2D eigenvalue weighted by atomic mass is 14.5. The van der Waals surface area contributed by atoms with E-state index in [2.05, 4.69) is 6.08 Å². The van der Waals surface area contributed by atoms with Crippen molar-refractivity contribution in [2.45, 2.75) is 12.8 Å². The van der Waals surface area contributed by atoms with E-state index in [4.69, 9.17) is 5.73 Å². The molecule has 0 saturated heterocycles. The molecule has 0 heterocycles. The zero-order valence-electron chi connectivity index (χ0n) is 4.85. The summed E-state index contributed by atoms with van der Waals surface area (Å²) in [5.41, 5.74) is 6.69. The fourth-order valence-electron chi connectivity index (χ4n) is 0.751. The van der Waals surface area contributed by atoms with Crippen molar-refractivity contribution in [2.24, 2.45) is 5.73 Å². The van der Waals surface area contributed by atoms with Crippen LogP contribution in [0.4, 0.5) is 0 Å². The van der Waals surface area contributed by atoms with Crippen LogP contribution in [0.2, 0.25) is 0 Å². The second kappa shape index (κ2) is 2.68. The van der Waals surface area contributed by atoms with Crippen LogP contribution in [0.1, 0.15) is 12.8 Å². The predicted octanol–water partition coefficient (Wildman–Crippen LogP) is 1.02. The number of rotatable bonds is 1. The minimum absolute atomic E-state index is 0.695.